The Kier molecular flexibility index (Phi) is 4.42. The van der Waals surface area contributed by atoms with Gasteiger partial charge in [-0.15, -0.1) is 0 Å². The van der Waals surface area contributed by atoms with Crippen LogP contribution >= 0.6 is 0 Å². The van der Waals surface area contributed by atoms with Crippen molar-refractivity contribution < 1.29 is 8.42 Å². The molecule has 6 heteroatoms. The van der Waals surface area contributed by atoms with E-state index >= 15 is 0 Å². The molecule has 0 saturated carbocycles. The van der Waals surface area contributed by atoms with Crippen LogP contribution in [0.5, 0.6) is 0 Å². The van der Waals surface area contributed by atoms with Gasteiger partial charge in [0.1, 0.15) is 0 Å². The minimum absolute atomic E-state index is 0.0280. The minimum Gasteiger partial charge on any atom is -0.315 e. The number of hydrogen-bond acceptors (Lipinski definition) is 4. The lowest BCUT2D eigenvalue weighted by Crippen LogP contribution is -2.44. The molecule has 1 fully saturated rings. The molecule has 3 rings (SSSR count). The Labute approximate surface area is 131 Å². The van der Waals surface area contributed by atoms with Crippen LogP contribution in [0.1, 0.15) is 19.8 Å². The molecule has 118 valence electrons. The fourth-order valence-corrected chi connectivity index (χ4v) is 4.61. The first-order chi connectivity index (χ1) is 10.6. The van der Waals surface area contributed by atoms with Crippen LogP contribution in [0.4, 0.5) is 0 Å². The molecule has 0 bridgehead atoms. The van der Waals surface area contributed by atoms with Crippen molar-refractivity contribution in [3.8, 4) is 0 Å². The van der Waals surface area contributed by atoms with Gasteiger partial charge in [-0.25, -0.2) is 8.42 Å². The van der Waals surface area contributed by atoms with Crippen LogP contribution in [0.3, 0.4) is 0 Å². The molecule has 1 N–H and O–H groups in total. The minimum atomic E-state index is -3.47. The summed E-state index contributed by atoms with van der Waals surface area (Å²) in [5.74, 6) is 0. The Bertz CT molecular complexity index is 761. The van der Waals surface area contributed by atoms with Crippen LogP contribution in [0.2, 0.25) is 0 Å². The number of benzene rings is 1. The first kappa shape index (κ1) is 15.4. The number of rotatable bonds is 2. The average Bonchev–Trinajstić information content (AvgIpc) is 2.50. The number of fused-ring (bicyclic) bond motifs is 1. The van der Waals surface area contributed by atoms with Gasteiger partial charge in [-0.05, 0) is 49.9 Å². The van der Waals surface area contributed by atoms with Crippen molar-refractivity contribution in [2.75, 3.05) is 19.6 Å². The second-order valence-corrected chi connectivity index (χ2v) is 7.63. The Hall–Kier alpha value is -1.50. The summed E-state index contributed by atoms with van der Waals surface area (Å²) in [4.78, 5) is 4.42. The number of nitrogens with zero attached hydrogens (tertiary/aromatic N) is 2. The smallest absolute Gasteiger partial charge is 0.243 e. The standard InChI is InChI=1S/C16H21N3O2S/c1-13-3-2-7-17-9-10-19(13)22(20,21)16-5-4-15-12-18-8-6-14(15)11-16/h4-6,8,11-13,17H,2-3,7,9-10H2,1H3/t13-/m1/s1. The van der Waals surface area contributed by atoms with Crippen LogP contribution in [-0.4, -0.2) is 43.4 Å². The second kappa shape index (κ2) is 6.32. The lowest BCUT2D eigenvalue weighted by atomic mass is 10.1. The normalized spacial score (nSPS) is 21.4. The fourth-order valence-electron chi connectivity index (χ4n) is 2.92. The SMILES string of the molecule is C[C@@H]1CCCNCCN1S(=O)(=O)c1ccc2cnccc2c1. The van der Waals surface area contributed by atoms with Gasteiger partial charge in [0.2, 0.25) is 10.0 Å². The van der Waals surface area contributed by atoms with Gasteiger partial charge in [0.05, 0.1) is 4.90 Å². The molecule has 0 amide bonds. The van der Waals surface area contributed by atoms with Gasteiger partial charge >= 0.3 is 0 Å². The van der Waals surface area contributed by atoms with Crippen molar-refractivity contribution in [1.82, 2.24) is 14.6 Å². The lowest BCUT2D eigenvalue weighted by Gasteiger charge is -2.30. The molecule has 1 aromatic heterocycles. The van der Waals surface area contributed by atoms with Crippen molar-refractivity contribution in [2.24, 2.45) is 0 Å². The van der Waals surface area contributed by atoms with Crippen LogP contribution in [-0.2, 0) is 10.0 Å². The molecule has 5 nitrogen and oxygen atoms in total. The zero-order valence-corrected chi connectivity index (χ0v) is 13.5. The van der Waals surface area contributed by atoms with Gasteiger partial charge in [-0.1, -0.05) is 6.07 Å². The number of sulfonamides is 1. The van der Waals surface area contributed by atoms with E-state index in [4.69, 9.17) is 0 Å². The molecule has 1 saturated heterocycles. The zero-order valence-electron chi connectivity index (χ0n) is 12.7. The summed E-state index contributed by atoms with van der Waals surface area (Å²) in [6.07, 6.45) is 5.30. The Morgan fingerprint density at radius 3 is 2.95 bits per heavy atom. The molecule has 0 radical (unpaired) electrons. The third-order valence-corrected chi connectivity index (χ3v) is 6.20. The first-order valence-corrected chi connectivity index (χ1v) is 9.09. The van der Waals surface area contributed by atoms with Crippen LogP contribution < -0.4 is 5.32 Å². The highest BCUT2D eigenvalue weighted by molar-refractivity contribution is 7.89. The monoisotopic (exact) mass is 319 g/mol. The largest absolute Gasteiger partial charge is 0.315 e. The van der Waals surface area contributed by atoms with Gasteiger partial charge in [-0.3, -0.25) is 4.98 Å². The Morgan fingerprint density at radius 1 is 1.23 bits per heavy atom. The first-order valence-electron chi connectivity index (χ1n) is 7.65. The summed E-state index contributed by atoms with van der Waals surface area (Å²) >= 11 is 0. The third-order valence-electron chi connectivity index (χ3n) is 4.19. The molecule has 1 aromatic carbocycles. The highest BCUT2D eigenvalue weighted by atomic mass is 32.2. The Morgan fingerprint density at radius 2 is 2.09 bits per heavy atom. The lowest BCUT2D eigenvalue weighted by molar-refractivity contribution is 0.297. The van der Waals surface area contributed by atoms with Gasteiger partial charge in [0.15, 0.2) is 0 Å². The highest BCUT2D eigenvalue weighted by Crippen LogP contribution is 2.24. The van der Waals surface area contributed by atoms with Crippen molar-refractivity contribution in [2.45, 2.75) is 30.7 Å². The summed E-state index contributed by atoms with van der Waals surface area (Å²) in [5.41, 5.74) is 0. The molecular formula is C16H21N3O2S. The molecule has 0 unspecified atom stereocenters. The third kappa shape index (κ3) is 2.99. The predicted octanol–water partition coefficient (Wildman–Crippen LogP) is 2.00. The molecule has 1 atom stereocenters. The zero-order chi connectivity index (χ0) is 15.6. The van der Waals surface area contributed by atoms with E-state index in [1.54, 1.807) is 28.8 Å². The van der Waals surface area contributed by atoms with Crippen molar-refractivity contribution >= 4 is 20.8 Å². The summed E-state index contributed by atoms with van der Waals surface area (Å²) in [7, 11) is -3.47. The molecule has 1 aliphatic heterocycles. The van der Waals surface area contributed by atoms with E-state index in [-0.39, 0.29) is 6.04 Å². The van der Waals surface area contributed by atoms with Crippen molar-refractivity contribution in [3.05, 3.63) is 36.7 Å². The number of pyridine rings is 1. The maximum atomic E-state index is 13.0. The maximum absolute atomic E-state index is 13.0. The molecular weight excluding hydrogens is 298 g/mol. The van der Waals surface area contributed by atoms with Gasteiger partial charge < -0.3 is 5.32 Å². The van der Waals surface area contributed by atoms with E-state index in [2.05, 4.69) is 10.3 Å². The number of aromatic nitrogens is 1. The van der Waals surface area contributed by atoms with Crippen LogP contribution in [0, 0.1) is 0 Å². The molecule has 2 aromatic rings. The van der Waals surface area contributed by atoms with Gasteiger partial charge in [0, 0.05) is 36.9 Å². The van der Waals surface area contributed by atoms with Gasteiger partial charge in [0.25, 0.3) is 0 Å². The molecule has 22 heavy (non-hydrogen) atoms. The molecule has 0 spiro atoms. The topological polar surface area (TPSA) is 62.3 Å². The fraction of sp³-hybridized carbons (Fsp3) is 0.438. The maximum Gasteiger partial charge on any atom is 0.243 e. The second-order valence-electron chi connectivity index (χ2n) is 5.74. The van der Waals surface area contributed by atoms with E-state index in [1.165, 1.54) is 0 Å². The quantitative estimate of drug-likeness (QED) is 0.919. The summed E-state index contributed by atoms with van der Waals surface area (Å²) in [6.45, 7) is 4.16. The average molecular weight is 319 g/mol. The van der Waals surface area contributed by atoms with E-state index in [1.807, 2.05) is 19.1 Å². The number of hydrogen-bond donors (Lipinski definition) is 1. The van der Waals surface area contributed by atoms with Crippen molar-refractivity contribution in [3.63, 3.8) is 0 Å². The Balaban J connectivity index is 1.98. The molecule has 2 heterocycles. The highest BCUT2D eigenvalue weighted by Gasteiger charge is 2.29. The predicted molar refractivity (Wildman–Crippen MR) is 87.2 cm³/mol. The molecule has 1 aliphatic rings. The van der Waals surface area contributed by atoms with Crippen LogP contribution in [0.25, 0.3) is 10.8 Å². The van der Waals surface area contributed by atoms with E-state index in [0.717, 1.165) is 30.2 Å². The summed E-state index contributed by atoms with van der Waals surface area (Å²) in [5, 5.41) is 5.12. The van der Waals surface area contributed by atoms with Crippen molar-refractivity contribution in [1.29, 1.82) is 0 Å². The summed E-state index contributed by atoms with van der Waals surface area (Å²) < 4.78 is 27.6. The summed E-state index contributed by atoms with van der Waals surface area (Å²) in [6, 6.07) is 7.11. The van der Waals surface area contributed by atoms with E-state index < -0.39 is 10.0 Å². The van der Waals surface area contributed by atoms with Crippen LogP contribution in [0.15, 0.2) is 41.6 Å². The number of nitrogens with one attached hydrogen (secondary N) is 1. The van der Waals surface area contributed by atoms with E-state index in [0.29, 0.717) is 18.0 Å². The van der Waals surface area contributed by atoms with E-state index in [9.17, 15) is 8.42 Å². The van der Waals surface area contributed by atoms with Gasteiger partial charge in [-0.2, -0.15) is 4.31 Å². The molecule has 0 aliphatic carbocycles.